The highest BCUT2D eigenvalue weighted by molar-refractivity contribution is 6.29. The molecule has 1 N–H and O–H groups in total. The van der Waals surface area contributed by atoms with Crippen molar-refractivity contribution in [2.45, 2.75) is 6.10 Å². The van der Waals surface area contributed by atoms with Crippen molar-refractivity contribution in [1.82, 2.24) is 4.98 Å². The summed E-state index contributed by atoms with van der Waals surface area (Å²) in [5, 5.41) is 3.77. The zero-order chi connectivity index (χ0) is 12.8. The number of nitrogens with zero attached hydrogens (tertiary/aromatic N) is 1. The van der Waals surface area contributed by atoms with Gasteiger partial charge in [-0.3, -0.25) is 0 Å². The maximum atomic E-state index is 5.83. The van der Waals surface area contributed by atoms with Crippen LogP contribution >= 0.6 is 11.6 Å². The highest BCUT2D eigenvalue weighted by Crippen LogP contribution is 2.18. The minimum Gasteiger partial charge on any atom is -0.382 e. The largest absolute Gasteiger partial charge is 0.382 e. The summed E-state index contributed by atoms with van der Waals surface area (Å²) in [5.74, 6) is 0. The maximum Gasteiger partial charge on any atom is 0.131 e. The van der Waals surface area contributed by atoms with E-state index >= 15 is 0 Å². The van der Waals surface area contributed by atoms with Crippen molar-refractivity contribution in [2.75, 3.05) is 19.0 Å². The van der Waals surface area contributed by atoms with E-state index in [-0.39, 0.29) is 6.10 Å². The number of nitrogens with one attached hydrogen (secondary N) is 1. The van der Waals surface area contributed by atoms with Crippen LogP contribution in [0.25, 0.3) is 0 Å². The van der Waals surface area contributed by atoms with E-state index in [0.29, 0.717) is 11.7 Å². The molecule has 1 aromatic heterocycles. The van der Waals surface area contributed by atoms with Crippen molar-refractivity contribution in [3.05, 3.63) is 59.4 Å². The van der Waals surface area contributed by atoms with Crippen molar-refractivity contribution >= 4 is 17.3 Å². The van der Waals surface area contributed by atoms with Crippen LogP contribution < -0.4 is 5.32 Å². The smallest absolute Gasteiger partial charge is 0.131 e. The average Bonchev–Trinajstić information content (AvgIpc) is 2.41. The molecule has 3 nitrogen and oxygen atoms in total. The number of hydrogen-bond donors (Lipinski definition) is 1. The van der Waals surface area contributed by atoms with Gasteiger partial charge in [0.15, 0.2) is 0 Å². The van der Waals surface area contributed by atoms with Gasteiger partial charge in [-0.25, -0.2) is 4.98 Å². The Bertz CT molecular complexity index is 490. The number of ether oxygens (including phenoxy) is 1. The van der Waals surface area contributed by atoms with Crippen LogP contribution in [0.3, 0.4) is 0 Å². The van der Waals surface area contributed by atoms with Gasteiger partial charge in [-0.15, -0.1) is 0 Å². The first-order chi connectivity index (χ1) is 8.79. The average molecular weight is 263 g/mol. The van der Waals surface area contributed by atoms with E-state index < -0.39 is 0 Å². The zero-order valence-electron chi connectivity index (χ0n) is 10.1. The Balaban J connectivity index is 2.00. The molecule has 2 aromatic rings. The van der Waals surface area contributed by atoms with Gasteiger partial charge in [0.1, 0.15) is 5.15 Å². The summed E-state index contributed by atoms with van der Waals surface area (Å²) in [5.41, 5.74) is 2.08. The number of pyridine rings is 1. The fraction of sp³-hybridized carbons (Fsp3) is 0.214. The first-order valence-electron chi connectivity index (χ1n) is 5.73. The standard InChI is InChI=1S/C14H15ClN2O/c1-18-13(11-5-3-2-4-6-11)10-17-12-7-8-16-14(15)9-12/h2-9,13H,10H2,1H3,(H,16,17). The summed E-state index contributed by atoms with van der Waals surface area (Å²) in [7, 11) is 1.71. The van der Waals surface area contributed by atoms with Crippen molar-refractivity contribution in [2.24, 2.45) is 0 Å². The van der Waals surface area contributed by atoms with Crippen LogP contribution in [-0.2, 0) is 4.74 Å². The van der Waals surface area contributed by atoms with Gasteiger partial charge in [-0.2, -0.15) is 0 Å². The molecule has 0 bridgehead atoms. The van der Waals surface area contributed by atoms with Crippen molar-refractivity contribution < 1.29 is 4.74 Å². The lowest BCUT2D eigenvalue weighted by atomic mass is 10.1. The van der Waals surface area contributed by atoms with Crippen LogP contribution in [0.5, 0.6) is 0 Å². The Morgan fingerprint density at radius 1 is 1.28 bits per heavy atom. The Morgan fingerprint density at radius 3 is 2.72 bits per heavy atom. The maximum absolute atomic E-state index is 5.83. The first kappa shape index (κ1) is 12.9. The number of aromatic nitrogens is 1. The molecule has 0 radical (unpaired) electrons. The van der Waals surface area contributed by atoms with Gasteiger partial charge in [-0.1, -0.05) is 41.9 Å². The number of methoxy groups -OCH3 is 1. The molecule has 0 aliphatic rings. The Hall–Kier alpha value is -1.58. The number of rotatable bonds is 5. The molecular formula is C14H15ClN2O. The van der Waals surface area contributed by atoms with Crippen LogP contribution in [0.1, 0.15) is 11.7 Å². The SMILES string of the molecule is COC(CNc1ccnc(Cl)c1)c1ccccc1. The summed E-state index contributed by atoms with van der Waals surface area (Å²) >= 11 is 5.83. The highest BCUT2D eigenvalue weighted by Gasteiger charge is 2.09. The molecular weight excluding hydrogens is 248 g/mol. The molecule has 4 heteroatoms. The van der Waals surface area contributed by atoms with Gasteiger partial charge < -0.3 is 10.1 Å². The van der Waals surface area contributed by atoms with E-state index in [0.717, 1.165) is 11.3 Å². The molecule has 0 amide bonds. The van der Waals surface area contributed by atoms with E-state index in [1.807, 2.05) is 24.3 Å². The van der Waals surface area contributed by atoms with Crippen LogP contribution in [0.2, 0.25) is 5.15 Å². The molecule has 2 rings (SSSR count). The van der Waals surface area contributed by atoms with Gasteiger partial charge in [0, 0.05) is 25.5 Å². The molecule has 1 aromatic carbocycles. The van der Waals surface area contributed by atoms with E-state index in [2.05, 4.69) is 22.4 Å². The Morgan fingerprint density at radius 2 is 2.06 bits per heavy atom. The molecule has 0 aliphatic carbocycles. The third kappa shape index (κ3) is 3.45. The highest BCUT2D eigenvalue weighted by atomic mass is 35.5. The Kier molecular flexibility index (Phi) is 4.56. The lowest BCUT2D eigenvalue weighted by Gasteiger charge is -2.17. The molecule has 1 atom stereocenters. The lowest BCUT2D eigenvalue weighted by Crippen LogP contribution is -2.14. The number of anilines is 1. The van der Waals surface area contributed by atoms with Gasteiger partial charge >= 0.3 is 0 Å². The van der Waals surface area contributed by atoms with Crippen molar-refractivity contribution in [3.63, 3.8) is 0 Å². The normalized spacial score (nSPS) is 12.1. The second-order valence-corrected chi connectivity index (χ2v) is 4.27. The summed E-state index contributed by atoms with van der Waals surface area (Å²) in [6.45, 7) is 0.681. The van der Waals surface area contributed by atoms with E-state index in [1.54, 1.807) is 19.4 Å². The molecule has 94 valence electrons. The summed E-state index contributed by atoms with van der Waals surface area (Å²) in [4.78, 5) is 3.94. The van der Waals surface area contributed by atoms with Crippen molar-refractivity contribution in [3.8, 4) is 0 Å². The first-order valence-corrected chi connectivity index (χ1v) is 6.10. The predicted octanol–water partition coefficient (Wildman–Crippen LogP) is 3.53. The van der Waals surface area contributed by atoms with Crippen LogP contribution in [0, 0.1) is 0 Å². The second-order valence-electron chi connectivity index (χ2n) is 3.88. The summed E-state index contributed by atoms with van der Waals surface area (Å²) in [6, 6.07) is 13.8. The summed E-state index contributed by atoms with van der Waals surface area (Å²) in [6.07, 6.45) is 1.69. The second kappa shape index (κ2) is 6.38. The molecule has 0 fully saturated rings. The minimum absolute atomic E-state index is 0.0122. The molecule has 0 spiro atoms. The molecule has 0 saturated carbocycles. The molecule has 18 heavy (non-hydrogen) atoms. The zero-order valence-corrected chi connectivity index (χ0v) is 10.9. The fourth-order valence-electron chi connectivity index (χ4n) is 1.73. The third-order valence-electron chi connectivity index (χ3n) is 2.67. The van der Waals surface area contributed by atoms with Crippen LogP contribution in [-0.4, -0.2) is 18.6 Å². The van der Waals surface area contributed by atoms with Crippen LogP contribution in [0.4, 0.5) is 5.69 Å². The van der Waals surface area contributed by atoms with E-state index in [1.165, 1.54) is 0 Å². The number of hydrogen-bond acceptors (Lipinski definition) is 3. The Labute approximate surface area is 112 Å². The topological polar surface area (TPSA) is 34.1 Å². The quantitative estimate of drug-likeness (QED) is 0.837. The summed E-state index contributed by atoms with van der Waals surface area (Å²) < 4.78 is 5.48. The fourth-order valence-corrected chi connectivity index (χ4v) is 1.90. The molecule has 1 unspecified atom stereocenters. The van der Waals surface area contributed by atoms with E-state index in [9.17, 15) is 0 Å². The number of halogens is 1. The van der Waals surface area contributed by atoms with Gasteiger partial charge in [0.05, 0.1) is 6.10 Å². The molecule has 0 saturated heterocycles. The van der Waals surface area contributed by atoms with Crippen molar-refractivity contribution in [1.29, 1.82) is 0 Å². The van der Waals surface area contributed by atoms with E-state index in [4.69, 9.17) is 16.3 Å². The lowest BCUT2D eigenvalue weighted by molar-refractivity contribution is 0.114. The molecule has 1 heterocycles. The number of benzene rings is 1. The van der Waals surface area contributed by atoms with Gasteiger partial charge in [0.25, 0.3) is 0 Å². The van der Waals surface area contributed by atoms with Gasteiger partial charge in [-0.05, 0) is 17.7 Å². The third-order valence-corrected chi connectivity index (χ3v) is 2.88. The monoisotopic (exact) mass is 262 g/mol. The predicted molar refractivity (Wildman–Crippen MR) is 73.9 cm³/mol. The van der Waals surface area contributed by atoms with Gasteiger partial charge in [0.2, 0.25) is 0 Å². The van der Waals surface area contributed by atoms with Crippen LogP contribution in [0.15, 0.2) is 48.7 Å². The minimum atomic E-state index is 0.0122. The molecule has 0 aliphatic heterocycles.